The molecular weight excluding hydrogens is 248 g/mol. The minimum Gasteiger partial charge on any atom is -0.375 e. The molecule has 2 fully saturated rings. The van der Waals surface area contributed by atoms with Crippen LogP contribution in [0.5, 0.6) is 0 Å². The molecule has 0 N–H and O–H groups in total. The van der Waals surface area contributed by atoms with Crippen LogP contribution in [-0.4, -0.2) is 21.8 Å². The lowest BCUT2D eigenvalue weighted by Crippen LogP contribution is -2.46. The van der Waals surface area contributed by atoms with Gasteiger partial charge in [-0.05, 0) is 44.2 Å². The minimum atomic E-state index is 0.194. The number of benzene rings is 1. The van der Waals surface area contributed by atoms with Gasteiger partial charge in [0, 0.05) is 19.1 Å². The molecule has 20 heavy (non-hydrogen) atoms. The highest BCUT2D eigenvalue weighted by Gasteiger charge is 2.43. The van der Waals surface area contributed by atoms with E-state index < -0.39 is 0 Å². The van der Waals surface area contributed by atoms with Gasteiger partial charge in [0.25, 0.3) is 0 Å². The van der Waals surface area contributed by atoms with Gasteiger partial charge in [-0.1, -0.05) is 19.1 Å². The van der Waals surface area contributed by atoms with Crippen LogP contribution >= 0.6 is 0 Å². The summed E-state index contributed by atoms with van der Waals surface area (Å²) in [6, 6.07) is 9.11. The van der Waals surface area contributed by atoms with E-state index in [0.717, 1.165) is 25.0 Å². The van der Waals surface area contributed by atoms with Crippen molar-refractivity contribution in [2.45, 2.75) is 57.1 Å². The van der Waals surface area contributed by atoms with E-state index in [1.807, 2.05) is 0 Å². The van der Waals surface area contributed by atoms with E-state index in [4.69, 9.17) is 9.72 Å². The summed E-state index contributed by atoms with van der Waals surface area (Å²) in [6.45, 7) is 3.11. The average Bonchev–Trinajstić information content (AvgIpc) is 2.84. The van der Waals surface area contributed by atoms with Gasteiger partial charge in [-0.2, -0.15) is 0 Å². The Labute approximate surface area is 120 Å². The Hall–Kier alpha value is -1.35. The Morgan fingerprint density at radius 3 is 2.95 bits per heavy atom. The van der Waals surface area contributed by atoms with Crippen LogP contribution in [0.25, 0.3) is 11.0 Å². The molecule has 1 saturated carbocycles. The number of para-hydroxylation sites is 2. The first-order chi connectivity index (χ1) is 9.81. The highest BCUT2D eigenvalue weighted by molar-refractivity contribution is 5.76. The van der Waals surface area contributed by atoms with Crippen molar-refractivity contribution >= 4 is 11.0 Å². The number of fused-ring (bicyclic) bond motifs is 1. The van der Waals surface area contributed by atoms with Gasteiger partial charge in [0.1, 0.15) is 5.82 Å². The van der Waals surface area contributed by atoms with Gasteiger partial charge < -0.3 is 9.30 Å². The van der Waals surface area contributed by atoms with Gasteiger partial charge in [0.05, 0.1) is 16.6 Å². The zero-order valence-electron chi connectivity index (χ0n) is 12.1. The number of imidazole rings is 1. The summed E-state index contributed by atoms with van der Waals surface area (Å²) in [6.07, 6.45) is 7.11. The van der Waals surface area contributed by atoms with Crippen molar-refractivity contribution in [1.29, 1.82) is 0 Å². The van der Waals surface area contributed by atoms with E-state index in [0.29, 0.717) is 6.04 Å². The maximum absolute atomic E-state index is 6.08. The number of aromatic nitrogens is 2. The van der Waals surface area contributed by atoms with Crippen LogP contribution in [0.4, 0.5) is 0 Å². The third kappa shape index (κ3) is 1.80. The summed E-state index contributed by atoms with van der Waals surface area (Å²) >= 11 is 0. The fraction of sp³-hybridized carbons (Fsp3) is 0.588. The second kappa shape index (κ2) is 4.59. The van der Waals surface area contributed by atoms with Crippen LogP contribution in [-0.2, 0) is 11.2 Å². The summed E-state index contributed by atoms with van der Waals surface area (Å²) in [5.41, 5.74) is 2.63. The maximum Gasteiger partial charge on any atom is 0.109 e. The summed E-state index contributed by atoms with van der Waals surface area (Å²) in [7, 11) is 0. The number of hydrogen-bond donors (Lipinski definition) is 0. The van der Waals surface area contributed by atoms with Gasteiger partial charge in [0.15, 0.2) is 0 Å². The fourth-order valence-electron chi connectivity index (χ4n) is 3.89. The molecular formula is C17H22N2O. The largest absolute Gasteiger partial charge is 0.375 e. The lowest BCUT2D eigenvalue weighted by molar-refractivity contribution is -0.140. The van der Waals surface area contributed by atoms with Crippen molar-refractivity contribution in [2.75, 3.05) is 6.61 Å². The van der Waals surface area contributed by atoms with Crippen molar-refractivity contribution in [3.05, 3.63) is 30.1 Å². The standard InChI is InChI=1S/C17H22N2O/c1-2-16-18-14-6-3-4-7-15(14)19(16)13-8-11-20-17(12-13)9-5-10-17/h3-4,6-7,13H,2,5,8-12H2,1H3. The molecule has 3 nitrogen and oxygen atoms in total. The molecule has 1 aromatic carbocycles. The average molecular weight is 270 g/mol. The van der Waals surface area contributed by atoms with E-state index in [2.05, 4.69) is 35.8 Å². The molecule has 1 aliphatic carbocycles. The van der Waals surface area contributed by atoms with Crippen LogP contribution < -0.4 is 0 Å². The summed E-state index contributed by atoms with van der Waals surface area (Å²) in [5.74, 6) is 1.23. The second-order valence-electron chi connectivity index (χ2n) is 6.27. The fourth-order valence-corrected chi connectivity index (χ4v) is 3.89. The highest BCUT2D eigenvalue weighted by Crippen LogP contribution is 2.46. The molecule has 1 aliphatic heterocycles. The van der Waals surface area contributed by atoms with Gasteiger partial charge in [-0.25, -0.2) is 4.98 Å². The predicted molar refractivity (Wildman–Crippen MR) is 79.9 cm³/mol. The molecule has 1 saturated heterocycles. The Morgan fingerprint density at radius 1 is 1.35 bits per heavy atom. The second-order valence-corrected chi connectivity index (χ2v) is 6.27. The van der Waals surface area contributed by atoms with Gasteiger partial charge in [-0.15, -0.1) is 0 Å². The lowest BCUT2D eigenvalue weighted by atomic mass is 9.74. The van der Waals surface area contributed by atoms with Gasteiger partial charge >= 0.3 is 0 Å². The normalized spacial score (nSPS) is 24.9. The monoisotopic (exact) mass is 270 g/mol. The first-order valence-electron chi connectivity index (χ1n) is 7.91. The Bertz CT molecular complexity index is 627. The van der Waals surface area contributed by atoms with Gasteiger partial charge in [-0.3, -0.25) is 0 Å². The molecule has 2 heterocycles. The van der Waals surface area contributed by atoms with E-state index in [1.54, 1.807) is 0 Å². The first kappa shape index (κ1) is 12.4. The zero-order valence-corrected chi connectivity index (χ0v) is 12.1. The predicted octanol–water partition coefficient (Wildman–Crippen LogP) is 3.87. The number of aryl methyl sites for hydroxylation is 1. The van der Waals surface area contributed by atoms with Crippen molar-refractivity contribution in [1.82, 2.24) is 9.55 Å². The van der Waals surface area contributed by atoms with Crippen LogP contribution in [0.3, 0.4) is 0 Å². The molecule has 0 radical (unpaired) electrons. The van der Waals surface area contributed by atoms with E-state index in [1.165, 1.54) is 37.0 Å². The Morgan fingerprint density at radius 2 is 2.20 bits per heavy atom. The van der Waals surface area contributed by atoms with Crippen molar-refractivity contribution in [3.63, 3.8) is 0 Å². The maximum atomic E-state index is 6.08. The van der Waals surface area contributed by atoms with E-state index >= 15 is 0 Å². The molecule has 1 aromatic heterocycles. The third-order valence-corrected chi connectivity index (χ3v) is 5.08. The topological polar surface area (TPSA) is 27.1 Å². The zero-order chi connectivity index (χ0) is 13.6. The summed E-state index contributed by atoms with van der Waals surface area (Å²) < 4.78 is 8.58. The molecule has 106 valence electrons. The summed E-state index contributed by atoms with van der Waals surface area (Å²) in [4.78, 5) is 4.82. The molecule has 0 amide bonds. The molecule has 3 heteroatoms. The Kier molecular flexibility index (Phi) is 2.84. The highest BCUT2D eigenvalue weighted by atomic mass is 16.5. The van der Waals surface area contributed by atoms with Gasteiger partial charge in [0.2, 0.25) is 0 Å². The molecule has 1 atom stereocenters. The smallest absolute Gasteiger partial charge is 0.109 e. The molecule has 1 unspecified atom stereocenters. The lowest BCUT2D eigenvalue weighted by Gasteiger charge is -2.47. The minimum absolute atomic E-state index is 0.194. The van der Waals surface area contributed by atoms with Crippen molar-refractivity contribution < 1.29 is 4.74 Å². The van der Waals surface area contributed by atoms with Crippen LogP contribution in [0.15, 0.2) is 24.3 Å². The van der Waals surface area contributed by atoms with E-state index in [9.17, 15) is 0 Å². The van der Waals surface area contributed by atoms with Crippen molar-refractivity contribution in [2.24, 2.45) is 0 Å². The SMILES string of the molecule is CCc1nc2ccccc2n1C1CCOC2(CCC2)C1. The first-order valence-corrected chi connectivity index (χ1v) is 7.91. The third-order valence-electron chi connectivity index (χ3n) is 5.08. The number of hydrogen-bond acceptors (Lipinski definition) is 2. The molecule has 2 aliphatic rings. The molecule has 0 bridgehead atoms. The number of ether oxygens (including phenoxy) is 1. The van der Waals surface area contributed by atoms with Crippen LogP contribution in [0.2, 0.25) is 0 Å². The molecule has 4 rings (SSSR count). The quantitative estimate of drug-likeness (QED) is 0.828. The summed E-state index contributed by atoms with van der Waals surface area (Å²) in [5, 5.41) is 0. The molecule has 1 spiro atoms. The number of rotatable bonds is 2. The van der Waals surface area contributed by atoms with Crippen molar-refractivity contribution in [3.8, 4) is 0 Å². The molecule has 2 aromatic rings. The van der Waals surface area contributed by atoms with Crippen LogP contribution in [0, 0.1) is 0 Å². The number of nitrogens with zero attached hydrogens (tertiary/aromatic N) is 2. The van der Waals surface area contributed by atoms with E-state index in [-0.39, 0.29) is 5.60 Å². The van der Waals surface area contributed by atoms with Crippen LogP contribution in [0.1, 0.15) is 50.9 Å². The Balaban J connectivity index is 1.76.